The number of pyridine rings is 1. The lowest BCUT2D eigenvalue weighted by atomic mass is 10.2. The van der Waals surface area contributed by atoms with Gasteiger partial charge in [-0.3, -0.25) is 4.98 Å². The third-order valence-electron chi connectivity index (χ3n) is 1.95. The van der Waals surface area contributed by atoms with Crippen molar-refractivity contribution in [3.05, 3.63) is 18.0 Å². The Labute approximate surface area is 76.3 Å². The molecule has 1 aliphatic rings. The largest absolute Gasteiger partial charge is 0.495 e. The summed E-state index contributed by atoms with van der Waals surface area (Å²) in [6, 6.07) is 2.07. The predicted molar refractivity (Wildman–Crippen MR) is 49.8 cm³/mol. The Morgan fingerprint density at radius 1 is 1.67 bits per heavy atom. The molecular formula is C9H11NOS. The summed E-state index contributed by atoms with van der Waals surface area (Å²) in [7, 11) is 1.67. The molecule has 0 saturated carbocycles. The number of rotatable bonds is 1. The van der Waals surface area contributed by atoms with E-state index in [0.717, 1.165) is 12.2 Å². The third kappa shape index (κ3) is 1.29. The summed E-state index contributed by atoms with van der Waals surface area (Å²) >= 11 is 1.88. The average Bonchev–Trinajstić information content (AvgIpc) is 2.43. The van der Waals surface area contributed by atoms with Crippen LogP contribution in [0.3, 0.4) is 0 Å². The Kier molecular flexibility index (Phi) is 1.97. The lowest BCUT2D eigenvalue weighted by molar-refractivity contribution is 0.411. The van der Waals surface area contributed by atoms with Crippen molar-refractivity contribution in [3.8, 4) is 5.75 Å². The zero-order valence-corrected chi connectivity index (χ0v) is 8.02. The number of fused-ring (bicyclic) bond motifs is 1. The highest BCUT2D eigenvalue weighted by Crippen LogP contribution is 2.36. The first kappa shape index (κ1) is 7.92. The second-order valence-corrected chi connectivity index (χ2v) is 4.43. The molecule has 0 spiro atoms. The first-order valence-electron chi connectivity index (χ1n) is 3.99. The lowest BCUT2D eigenvalue weighted by Gasteiger charge is -2.00. The summed E-state index contributed by atoms with van der Waals surface area (Å²) in [4.78, 5) is 5.61. The van der Waals surface area contributed by atoms with Crippen LogP contribution in [0.25, 0.3) is 0 Å². The van der Waals surface area contributed by atoms with Gasteiger partial charge in [-0.05, 0) is 6.07 Å². The Bertz CT molecular complexity index is 301. The van der Waals surface area contributed by atoms with Crippen molar-refractivity contribution in [2.75, 3.05) is 7.11 Å². The molecule has 3 heteroatoms. The van der Waals surface area contributed by atoms with Gasteiger partial charge in [0, 0.05) is 16.6 Å². The zero-order chi connectivity index (χ0) is 8.55. The maximum absolute atomic E-state index is 5.10. The van der Waals surface area contributed by atoms with Gasteiger partial charge in [0.25, 0.3) is 0 Å². The molecule has 64 valence electrons. The van der Waals surface area contributed by atoms with E-state index in [1.807, 2.05) is 11.8 Å². The minimum atomic E-state index is 0.666. The first-order valence-corrected chi connectivity index (χ1v) is 4.87. The Hall–Kier alpha value is -0.700. The number of aromatic nitrogens is 1. The smallest absolute Gasteiger partial charge is 0.138 e. The Balaban J connectivity index is 2.35. The van der Waals surface area contributed by atoms with E-state index in [4.69, 9.17) is 4.74 Å². The SMILES string of the molecule is COc1cnc2c(c1)SC(C)C2. The highest BCUT2D eigenvalue weighted by Gasteiger charge is 2.19. The summed E-state index contributed by atoms with van der Waals surface area (Å²) in [6.45, 7) is 2.22. The zero-order valence-electron chi connectivity index (χ0n) is 7.20. The van der Waals surface area contributed by atoms with Gasteiger partial charge in [0.15, 0.2) is 0 Å². The number of ether oxygens (including phenoxy) is 1. The molecule has 12 heavy (non-hydrogen) atoms. The fraction of sp³-hybridized carbons (Fsp3) is 0.444. The van der Waals surface area contributed by atoms with E-state index in [2.05, 4.69) is 18.0 Å². The molecule has 2 heterocycles. The number of hydrogen-bond acceptors (Lipinski definition) is 3. The maximum atomic E-state index is 5.10. The van der Waals surface area contributed by atoms with Crippen LogP contribution in [-0.2, 0) is 6.42 Å². The normalized spacial score (nSPS) is 20.7. The molecule has 1 aromatic rings. The van der Waals surface area contributed by atoms with Crippen LogP contribution < -0.4 is 4.74 Å². The van der Waals surface area contributed by atoms with Crippen LogP contribution >= 0.6 is 11.8 Å². The minimum Gasteiger partial charge on any atom is -0.495 e. The first-order chi connectivity index (χ1) is 5.79. The van der Waals surface area contributed by atoms with Gasteiger partial charge in [0.2, 0.25) is 0 Å². The Morgan fingerprint density at radius 2 is 2.50 bits per heavy atom. The quantitative estimate of drug-likeness (QED) is 0.662. The van der Waals surface area contributed by atoms with Gasteiger partial charge in [-0.15, -0.1) is 11.8 Å². The van der Waals surface area contributed by atoms with E-state index < -0.39 is 0 Å². The van der Waals surface area contributed by atoms with Gasteiger partial charge in [-0.25, -0.2) is 0 Å². The molecule has 2 nitrogen and oxygen atoms in total. The van der Waals surface area contributed by atoms with Crippen molar-refractivity contribution in [3.63, 3.8) is 0 Å². The van der Waals surface area contributed by atoms with Crippen molar-refractivity contribution in [2.24, 2.45) is 0 Å². The number of thioether (sulfide) groups is 1. The molecule has 1 atom stereocenters. The van der Waals surface area contributed by atoms with E-state index in [9.17, 15) is 0 Å². The van der Waals surface area contributed by atoms with Crippen LogP contribution in [0.4, 0.5) is 0 Å². The average molecular weight is 181 g/mol. The highest BCUT2D eigenvalue weighted by molar-refractivity contribution is 8.00. The van der Waals surface area contributed by atoms with Crippen LogP contribution in [0.2, 0.25) is 0 Å². The van der Waals surface area contributed by atoms with Crippen LogP contribution in [-0.4, -0.2) is 17.3 Å². The molecule has 0 aromatic carbocycles. The van der Waals surface area contributed by atoms with Gasteiger partial charge < -0.3 is 4.74 Å². The molecule has 0 radical (unpaired) electrons. The molecule has 1 unspecified atom stereocenters. The lowest BCUT2D eigenvalue weighted by Crippen LogP contribution is -1.93. The van der Waals surface area contributed by atoms with Crippen LogP contribution in [0.1, 0.15) is 12.6 Å². The molecule has 0 N–H and O–H groups in total. The molecule has 0 aliphatic carbocycles. The van der Waals surface area contributed by atoms with Crippen molar-refractivity contribution in [2.45, 2.75) is 23.5 Å². The van der Waals surface area contributed by atoms with Crippen molar-refractivity contribution >= 4 is 11.8 Å². The highest BCUT2D eigenvalue weighted by atomic mass is 32.2. The molecular weight excluding hydrogens is 170 g/mol. The van der Waals surface area contributed by atoms with E-state index in [0.29, 0.717) is 5.25 Å². The number of nitrogens with zero attached hydrogens (tertiary/aromatic N) is 1. The third-order valence-corrected chi connectivity index (χ3v) is 3.13. The standard InChI is InChI=1S/C9H11NOS/c1-6-3-8-9(12-6)4-7(11-2)5-10-8/h4-6H,3H2,1-2H3. The Morgan fingerprint density at radius 3 is 3.25 bits per heavy atom. The van der Waals surface area contributed by atoms with Gasteiger partial charge >= 0.3 is 0 Å². The molecule has 2 rings (SSSR count). The van der Waals surface area contributed by atoms with Gasteiger partial charge in [-0.2, -0.15) is 0 Å². The maximum Gasteiger partial charge on any atom is 0.138 e. The molecule has 1 aliphatic heterocycles. The summed E-state index contributed by atoms with van der Waals surface area (Å²) in [5, 5.41) is 0.666. The van der Waals surface area contributed by atoms with E-state index in [-0.39, 0.29) is 0 Å². The van der Waals surface area contributed by atoms with Crippen LogP contribution in [0.5, 0.6) is 5.75 Å². The minimum absolute atomic E-state index is 0.666. The monoisotopic (exact) mass is 181 g/mol. The molecule has 0 bridgehead atoms. The van der Waals surface area contributed by atoms with Gasteiger partial charge in [0.1, 0.15) is 5.75 Å². The molecule has 0 amide bonds. The van der Waals surface area contributed by atoms with E-state index in [1.54, 1.807) is 13.3 Å². The molecule has 0 saturated heterocycles. The summed E-state index contributed by atoms with van der Waals surface area (Å²) in [5.74, 6) is 0.857. The molecule has 1 aromatic heterocycles. The van der Waals surface area contributed by atoms with Crippen LogP contribution in [0.15, 0.2) is 17.2 Å². The number of hydrogen-bond donors (Lipinski definition) is 0. The molecule has 0 fully saturated rings. The fourth-order valence-corrected chi connectivity index (χ4v) is 2.48. The van der Waals surface area contributed by atoms with Gasteiger partial charge in [-0.1, -0.05) is 6.92 Å². The van der Waals surface area contributed by atoms with Crippen molar-refractivity contribution in [1.82, 2.24) is 4.98 Å². The van der Waals surface area contributed by atoms with Crippen molar-refractivity contribution < 1.29 is 4.74 Å². The topological polar surface area (TPSA) is 22.1 Å². The second kappa shape index (κ2) is 2.98. The van der Waals surface area contributed by atoms with E-state index >= 15 is 0 Å². The number of methoxy groups -OCH3 is 1. The predicted octanol–water partition coefficient (Wildman–Crippen LogP) is 2.13. The van der Waals surface area contributed by atoms with Crippen molar-refractivity contribution in [1.29, 1.82) is 0 Å². The van der Waals surface area contributed by atoms with Crippen LogP contribution in [0, 0.1) is 0 Å². The van der Waals surface area contributed by atoms with E-state index in [1.165, 1.54) is 10.6 Å². The summed E-state index contributed by atoms with van der Waals surface area (Å²) < 4.78 is 5.10. The fourth-order valence-electron chi connectivity index (χ4n) is 1.35. The summed E-state index contributed by atoms with van der Waals surface area (Å²) in [6.07, 6.45) is 2.88. The second-order valence-electron chi connectivity index (χ2n) is 2.95. The van der Waals surface area contributed by atoms with Gasteiger partial charge in [0.05, 0.1) is 19.0 Å². The summed E-state index contributed by atoms with van der Waals surface area (Å²) in [5.41, 5.74) is 1.22.